The molecule has 2 aromatic carbocycles. The molecule has 6 heteroatoms. The van der Waals surface area contributed by atoms with Crippen LogP contribution in [0.5, 0.6) is 5.88 Å². The van der Waals surface area contributed by atoms with E-state index in [2.05, 4.69) is 29.2 Å². The summed E-state index contributed by atoms with van der Waals surface area (Å²) < 4.78 is 7.10. The van der Waals surface area contributed by atoms with Gasteiger partial charge < -0.3 is 4.74 Å². The third-order valence-electron chi connectivity index (χ3n) is 5.83. The van der Waals surface area contributed by atoms with Crippen molar-refractivity contribution in [2.45, 2.75) is 19.9 Å². The van der Waals surface area contributed by atoms with Gasteiger partial charge in [-0.3, -0.25) is 9.69 Å². The third-order valence-corrected chi connectivity index (χ3v) is 5.83. The Bertz CT molecular complexity index is 1260. The van der Waals surface area contributed by atoms with Crippen LogP contribution in [0.3, 0.4) is 0 Å². The third kappa shape index (κ3) is 3.43. The Morgan fingerprint density at radius 1 is 0.938 bits per heavy atom. The number of pyridine rings is 1. The maximum Gasteiger partial charge on any atom is 0.261 e. The highest BCUT2D eigenvalue weighted by Gasteiger charge is 2.31. The normalized spacial score (nSPS) is 13.0. The fourth-order valence-corrected chi connectivity index (χ4v) is 4.35. The summed E-state index contributed by atoms with van der Waals surface area (Å²) in [5.41, 5.74) is 5.77. The predicted molar refractivity (Wildman–Crippen MR) is 125 cm³/mol. The molecule has 0 spiro atoms. The highest BCUT2D eigenvalue weighted by Crippen LogP contribution is 2.41. The molecular weight excluding hydrogens is 400 g/mol. The predicted octanol–water partition coefficient (Wildman–Crippen LogP) is 4.98. The first kappa shape index (κ1) is 20.0. The van der Waals surface area contributed by atoms with Crippen LogP contribution in [0.2, 0.25) is 0 Å². The molecule has 0 bridgehead atoms. The number of aryl methyl sites for hydroxylation is 2. The fraction of sp³-hybridized carbons (Fsp3) is 0.192. The maximum atomic E-state index is 13.5. The van der Waals surface area contributed by atoms with E-state index < -0.39 is 0 Å². The minimum Gasteiger partial charge on any atom is -0.481 e. The minimum atomic E-state index is -0.0838. The molecule has 0 radical (unpaired) electrons. The van der Waals surface area contributed by atoms with Crippen molar-refractivity contribution in [2.24, 2.45) is 0 Å². The van der Waals surface area contributed by atoms with Crippen molar-refractivity contribution in [1.29, 1.82) is 0 Å². The van der Waals surface area contributed by atoms with Gasteiger partial charge in [0.2, 0.25) is 5.88 Å². The molecule has 0 fully saturated rings. The van der Waals surface area contributed by atoms with E-state index in [-0.39, 0.29) is 5.91 Å². The Morgan fingerprint density at radius 3 is 2.41 bits per heavy atom. The number of benzene rings is 2. The van der Waals surface area contributed by atoms with Crippen molar-refractivity contribution < 1.29 is 9.53 Å². The lowest BCUT2D eigenvalue weighted by Crippen LogP contribution is -2.38. The Balaban J connectivity index is 1.64. The van der Waals surface area contributed by atoms with Crippen molar-refractivity contribution in [1.82, 2.24) is 14.8 Å². The summed E-state index contributed by atoms with van der Waals surface area (Å²) >= 11 is 0. The first-order chi connectivity index (χ1) is 15.7. The minimum absolute atomic E-state index is 0.0838. The molecule has 160 valence electrons. The number of hydrogen-bond donors (Lipinski definition) is 0. The Hall–Kier alpha value is -3.93. The molecule has 1 aliphatic rings. The summed E-state index contributed by atoms with van der Waals surface area (Å²) in [7, 11) is 1.56. The number of methoxy groups -OCH3 is 1. The van der Waals surface area contributed by atoms with Crippen molar-refractivity contribution in [3.63, 3.8) is 0 Å². The number of fused-ring (bicyclic) bond motifs is 1. The van der Waals surface area contributed by atoms with Gasteiger partial charge in [0.1, 0.15) is 5.82 Å². The summed E-state index contributed by atoms with van der Waals surface area (Å²) in [5.74, 6) is 1.25. The second kappa shape index (κ2) is 8.30. The highest BCUT2D eigenvalue weighted by atomic mass is 16.5. The molecule has 0 saturated carbocycles. The Kier molecular flexibility index (Phi) is 5.19. The van der Waals surface area contributed by atoms with E-state index >= 15 is 0 Å². The lowest BCUT2D eigenvalue weighted by Gasteiger charge is -2.29. The SMILES string of the molecule is COc1ccc(C(=O)N2CCCn3nc(C)c(-c4ccccc4-c4ccccc4)c32)cn1. The molecule has 4 aromatic rings. The number of rotatable bonds is 4. The van der Waals surface area contributed by atoms with Crippen molar-refractivity contribution >= 4 is 11.7 Å². The maximum absolute atomic E-state index is 13.5. The molecule has 3 heterocycles. The molecule has 32 heavy (non-hydrogen) atoms. The van der Waals surface area contributed by atoms with Gasteiger partial charge in [0.15, 0.2) is 0 Å². The molecule has 1 amide bonds. The van der Waals surface area contributed by atoms with E-state index in [1.165, 1.54) is 0 Å². The summed E-state index contributed by atoms with van der Waals surface area (Å²) in [4.78, 5) is 19.6. The number of nitrogens with zero attached hydrogens (tertiary/aromatic N) is 4. The van der Waals surface area contributed by atoms with Crippen LogP contribution in [0.25, 0.3) is 22.3 Å². The van der Waals surface area contributed by atoms with Gasteiger partial charge in [-0.15, -0.1) is 0 Å². The monoisotopic (exact) mass is 424 g/mol. The van der Waals surface area contributed by atoms with Crippen molar-refractivity contribution in [2.75, 3.05) is 18.6 Å². The molecule has 2 aromatic heterocycles. The van der Waals surface area contributed by atoms with Gasteiger partial charge in [-0.1, -0.05) is 54.6 Å². The van der Waals surface area contributed by atoms with Gasteiger partial charge in [0.25, 0.3) is 5.91 Å². The number of aromatic nitrogens is 3. The first-order valence-corrected chi connectivity index (χ1v) is 10.7. The van der Waals surface area contributed by atoms with E-state index in [1.54, 1.807) is 25.4 Å². The number of carbonyl (C=O) groups excluding carboxylic acids is 1. The molecule has 0 saturated heterocycles. The fourth-order valence-electron chi connectivity index (χ4n) is 4.35. The number of anilines is 1. The summed E-state index contributed by atoms with van der Waals surface area (Å²) in [6.45, 7) is 3.44. The van der Waals surface area contributed by atoms with Crippen LogP contribution in [0, 0.1) is 6.92 Å². The topological polar surface area (TPSA) is 60.2 Å². The van der Waals surface area contributed by atoms with Crippen LogP contribution in [-0.2, 0) is 6.54 Å². The van der Waals surface area contributed by atoms with E-state index in [1.807, 2.05) is 46.8 Å². The van der Waals surface area contributed by atoms with Crippen LogP contribution in [0.4, 0.5) is 5.82 Å². The molecule has 5 rings (SSSR count). The summed E-state index contributed by atoms with van der Waals surface area (Å²) in [6.07, 6.45) is 2.42. The van der Waals surface area contributed by atoms with Crippen LogP contribution < -0.4 is 9.64 Å². The molecule has 6 nitrogen and oxygen atoms in total. The van der Waals surface area contributed by atoms with Gasteiger partial charge in [-0.05, 0) is 36.1 Å². The molecule has 0 unspecified atom stereocenters. The van der Waals surface area contributed by atoms with Gasteiger partial charge in [-0.2, -0.15) is 5.10 Å². The van der Waals surface area contributed by atoms with Crippen LogP contribution in [0.1, 0.15) is 22.5 Å². The van der Waals surface area contributed by atoms with E-state index in [0.717, 1.165) is 46.7 Å². The Morgan fingerprint density at radius 2 is 1.69 bits per heavy atom. The number of amides is 1. The number of hydrogen-bond acceptors (Lipinski definition) is 4. The lowest BCUT2D eigenvalue weighted by atomic mass is 9.94. The molecule has 0 aliphatic carbocycles. The zero-order chi connectivity index (χ0) is 22.1. The van der Waals surface area contributed by atoms with Crippen LogP contribution in [-0.4, -0.2) is 34.3 Å². The second-order valence-electron chi connectivity index (χ2n) is 7.82. The summed E-state index contributed by atoms with van der Waals surface area (Å²) in [5, 5.41) is 4.80. The first-order valence-electron chi connectivity index (χ1n) is 10.7. The lowest BCUT2D eigenvalue weighted by molar-refractivity contribution is 0.0981. The largest absolute Gasteiger partial charge is 0.481 e. The van der Waals surface area contributed by atoms with Gasteiger partial charge in [0, 0.05) is 30.9 Å². The van der Waals surface area contributed by atoms with Crippen LogP contribution in [0.15, 0.2) is 72.9 Å². The van der Waals surface area contributed by atoms with Crippen molar-refractivity contribution in [3.05, 3.63) is 84.2 Å². The Labute approximate surface area is 187 Å². The van der Waals surface area contributed by atoms with Gasteiger partial charge in [-0.25, -0.2) is 9.67 Å². The molecule has 0 N–H and O–H groups in total. The van der Waals surface area contributed by atoms with E-state index in [9.17, 15) is 4.79 Å². The van der Waals surface area contributed by atoms with Crippen LogP contribution >= 0.6 is 0 Å². The quantitative estimate of drug-likeness (QED) is 0.464. The standard InChI is InChI=1S/C26H24N4O2/c1-18-24(22-12-7-6-11-21(22)19-9-4-3-5-10-19)25-29(15-8-16-30(25)28-18)26(31)20-13-14-23(32-2)27-17-20/h3-7,9-14,17H,8,15-16H2,1-2H3. The average molecular weight is 425 g/mol. The smallest absolute Gasteiger partial charge is 0.261 e. The van der Waals surface area contributed by atoms with Gasteiger partial charge >= 0.3 is 0 Å². The molecular formula is C26H24N4O2. The number of carbonyl (C=O) groups is 1. The zero-order valence-electron chi connectivity index (χ0n) is 18.2. The molecule has 0 atom stereocenters. The average Bonchev–Trinajstić information content (AvgIpc) is 3.20. The number of ether oxygens (including phenoxy) is 1. The summed E-state index contributed by atoms with van der Waals surface area (Å²) in [6, 6.07) is 22.1. The van der Waals surface area contributed by atoms with E-state index in [4.69, 9.17) is 9.84 Å². The van der Waals surface area contributed by atoms with Crippen molar-refractivity contribution in [3.8, 4) is 28.1 Å². The highest BCUT2D eigenvalue weighted by molar-refractivity contribution is 6.08. The van der Waals surface area contributed by atoms with E-state index in [0.29, 0.717) is 18.0 Å². The van der Waals surface area contributed by atoms with Gasteiger partial charge in [0.05, 0.1) is 18.4 Å². The second-order valence-corrected chi connectivity index (χ2v) is 7.82. The zero-order valence-corrected chi connectivity index (χ0v) is 18.2. The molecule has 1 aliphatic heterocycles.